The summed E-state index contributed by atoms with van der Waals surface area (Å²) in [5, 5.41) is 6.54. The van der Waals surface area contributed by atoms with E-state index >= 15 is 0 Å². The molecule has 0 fully saturated rings. The number of hydrogen-bond donors (Lipinski definition) is 1. The van der Waals surface area contributed by atoms with Gasteiger partial charge in [0.25, 0.3) is 5.91 Å². The molecule has 2 aromatic heterocycles. The number of carbonyl (C=O) groups is 1. The average Bonchev–Trinajstić information content (AvgIpc) is 3.34. The van der Waals surface area contributed by atoms with E-state index in [1.165, 1.54) is 23.9 Å². The van der Waals surface area contributed by atoms with Crippen molar-refractivity contribution >= 4 is 23.4 Å². The summed E-state index contributed by atoms with van der Waals surface area (Å²) >= 11 is 1.36. The second-order valence-electron chi connectivity index (χ2n) is 6.47. The molecule has 0 aliphatic heterocycles. The van der Waals surface area contributed by atoms with Gasteiger partial charge in [-0.15, -0.1) is 11.8 Å². The van der Waals surface area contributed by atoms with Crippen LogP contribution in [0.25, 0.3) is 0 Å². The number of halogens is 3. The van der Waals surface area contributed by atoms with Crippen molar-refractivity contribution in [2.24, 2.45) is 0 Å². The molecule has 0 aliphatic carbocycles. The van der Waals surface area contributed by atoms with Gasteiger partial charge >= 0.3 is 6.18 Å². The first-order valence-electron chi connectivity index (χ1n) is 9.01. The van der Waals surface area contributed by atoms with Gasteiger partial charge in [-0.2, -0.15) is 18.3 Å². The summed E-state index contributed by atoms with van der Waals surface area (Å²) in [6, 6.07) is 8.68. The fraction of sp³-hybridized carbons (Fsp3) is 0.300. The lowest BCUT2D eigenvalue weighted by atomic mass is 10.1. The third-order valence-corrected chi connectivity index (χ3v) is 5.48. The maximum Gasteiger partial charge on any atom is 0.418 e. The number of hydrogen-bond acceptors (Lipinski definition) is 4. The molecule has 0 radical (unpaired) electrons. The lowest BCUT2D eigenvalue weighted by molar-refractivity contribution is -0.137. The Bertz CT molecular complexity index is 968. The molecule has 5 nitrogen and oxygen atoms in total. The molecule has 0 bridgehead atoms. The summed E-state index contributed by atoms with van der Waals surface area (Å²) < 4.78 is 47.6. The Morgan fingerprint density at radius 1 is 1.31 bits per heavy atom. The molecular formula is C20H20F3N3O2S. The lowest BCUT2D eigenvalue weighted by Crippen LogP contribution is -2.16. The molecule has 29 heavy (non-hydrogen) atoms. The van der Waals surface area contributed by atoms with Gasteiger partial charge in [-0.3, -0.25) is 9.48 Å². The molecule has 0 saturated carbocycles. The van der Waals surface area contributed by atoms with E-state index in [-0.39, 0.29) is 16.7 Å². The Labute approximate surface area is 170 Å². The van der Waals surface area contributed by atoms with E-state index < -0.39 is 17.6 Å². The van der Waals surface area contributed by atoms with Crippen LogP contribution >= 0.6 is 11.8 Å². The quantitative estimate of drug-likeness (QED) is 0.496. The van der Waals surface area contributed by atoms with Crippen LogP contribution in [0.3, 0.4) is 0 Å². The second kappa shape index (κ2) is 8.77. The lowest BCUT2D eigenvalue weighted by Gasteiger charge is -2.16. The van der Waals surface area contributed by atoms with Crippen molar-refractivity contribution in [1.29, 1.82) is 0 Å². The number of thioether (sulfide) groups is 1. The van der Waals surface area contributed by atoms with Crippen LogP contribution in [0.2, 0.25) is 0 Å². The average molecular weight is 423 g/mol. The highest BCUT2D eigenvalue weighted by Gasteiger charge is 2.34. The smallest absolute Gasteiger partial charge is 0.418 e. The Kier molecular flexibility index (Phi) is 6.36. The van der Waals surface area contributed by atoms with Gasteiger partial charge < -0.3 is 9.73 Å². The van der Waals surface area contributed by atoms with Crippen LogP contribution in [0.1, 0.15) is 42.1 Å². The molecule has 1 unspecified atom stereocenters. The van der Waals surface area contributed by atoms with Crippen molar-refractivity contribution in [3.05, 3.63) is 65.9 Å². The third kappa shape index (κ3) is 5.44. The van der Waals surface area contributed by atoms with Gasteiger partial charge in [-0.1, -0.05) is 13.8 Å². The summed E-state index contributed by atoms with van der Waals surface area (Å²) in [4.78, 5) is 12.9. The Hall–Kier alpha value is -2.68. The fourth-order valence-electron chi connectivity index (χ4n) is 2.58. The predicted molar refractivity (Wildman–Crippen MR) is 105 cm³/mol. The van der Waals surface area contributed by atoms with Gasteiger partial charge in [0.1, 0.15) is 5.76 Å². The number of nitrogens with one attached hydrogen (secondary N) is 1. The molecular weight excluding hydrogens is 403 g/mol. The third-order valence-electron chi connectivity index (χ3n) is 4.22. The zero-order valence-corrected chi connectivity index (χ0v) is 16.7. The van der Waals surface area contributed by atoms with Crippen LogP contribution in [0.5, 0.6) is 0 Å². The molecule has 2 heterocycles. The van der Waals surface area contributed by atoms with E-state index in [0.717, 1.165) is 12.5 Å². The largest absolute Gasteiger partial charge is 0.454 e. The molecule has 1 aromatic carbocycles. The van der Waals surface area contributed by atoms with Gasteiger partial charge in [0.05, 0.1) is 17.8 Å². The highest BCUT2D eigenvalue weighted by Crippen LogP contribution is 2.38. The van der Waals surface area contributed by atoms with Gasteiger partial charge in [-0.25, -0.2) is 0 Å². The number of anilines is 1. The monoisotopic (exact) mass is 423 g/mol. The van der Waals surface area contributed by atoms with Gasteiger partial charge in [0, 0.05) is 22.5 Å². The van der Waals surface area contributed by atoms with Crippen molar-refractivity contribution in [3.63, 3.8) is 0 Å². The Morgan fingerprint density at radius 2 is 2.10 bits per heavy atom. The zero-order chi connectivity index (χ0) is 21.0. The summed E-state index contributed by atoms with van der Waals surface area (Å²) in [5.41, 5.74) is -1.19. The van der Waals surface area contributed by atoms with E-state index in [4.69, 9.17) is 4.42 Å². The van der Waals surface area contributed by atoms with Crippen molar-refractivity contribution in [2.45, 2.75) is 43.1 Å². The summed E-state index contributed by atoms with van der Waals surface area (Å²) in [7, 11) is 0. The van der Waals surface area contributed by atoms with Crippen LogP contribution in [0.15, 0.2) is 58.1 Å². The van der Waals surface area contributed by atoms with E-state index in [1.54, 1.807) is 35.3 Å². The first-order chi connectivity index (χ1) is 13.8. The zero-order valence-electron chi connectivity index (χ0n) is 15.9. The van der Waals surface area contributed by atoms with Crippen molar-refractivity contribution in [3.8, 4) is 0 Å². The predicted octanol–water partition coefficient (Wildman–Crippen LogP) is 5.69. The molecule has 3 rings (SSSR count). The fourth-order valence-corrected chi connectivity index (χ4v) is 3.54. The van der Waals surface area contributed by atoms with E-state index in [2.05, 4.69) is 10.4 Å². The molecule has 154 valence electrons. The number of benzene rings is 1. The van der Waals surface area contributed by atoms with E-state index in [0.29, 0.717) is 17.2 Å². The molecule has 1 amide bonds. The standard InChI is InChI=1S/C20H20F3N3O2S/c1-3-13(2)29-15-6-7-17(16(11-15)20(21,22)23)25-19(27)18-8-5-14(28-18)12-26-10-4-9-24-26/h4-11,13H,3,12H2,1-2H3,(H,25,27). The SMILES string of the molecule is CCC(C)Sc1ccc(NC(=O)c2ccc(Cn3cccn3)o2)c(C(F)(F)F)c1. The minimum Gasteiger partial charge on any atom is -0.454 e. The molecule has 0 aliphatic rings. The number of amides is 1. The number of nitrogens with zero attached hydrogens (tertiary/aromatic N) is 2. The summed E-state index contributed by atoms with van der Waals surface area (Å²) in [5.74, 6) is -0.349. The van der Waals surface area contributed by atoms with Crippen molar-refractivity contribution < 1.29 is 22.4 Å². The highest BCUT2D eigenvalue weighted by molar-refractivity contribution is 7.99. The molecule has 0 saturated heterocycles. The number of alkyl halides is 3. The maximum absolute atomic E-state index is 13.5. The van der Waals surface area contributed by atoms with Crippen molar-refractivity contribution in [2.75, 3.05) is 5.32 Å². The van der Waals surface area contributed by atoms with Gasteiger partial charge in [0.15, 0.2) is 5.76 Å². The first-order valence-corrected chi connectivity index (χ1v) is 9.89. The first kappa shape index (κ1) is 21.0. The van der Waals surface area contributed by atoms with E-state index in [9.17, 15) is 18.0 Å². The molecule has 3 aromatic rings. The molecule has 1 atom stereocenters. The van der Waals surface area contributed by atoms with Crippen molar-refractivity contribution in [1.82, 2.24) is 9.78 Å². The van der Waals surface area contributed by atoms with Crippen LogP contribution in [0.4, 0.5) is 18.9 Å². The topological polar surface area (TPSA) is 60.1 Å². The number of furan rings is 1. The van der Waals surface area contributed by atoms with Gasteiger partial charge in [-0.05, 0) is 42.8 Å². The second-order valence-corrected chi connectivity index (χ2v) is 7.98. The summed E-state index contributed by atoms with van der Waals surface area (Å²) in [6.07, 6.45) is -0.415. The molecule has 1 N–H and O–H groups in total. The van der Waals surface area contributed by atoms with Crippen LogP contribution in [-0.4, -0.2) is 20.9 Å². The Balaban J connectivity index is 1.78. The highest BCUT2D eigenvalue weighted by atomic mass is 32.2. The molecule has 0 spiro atoms. The maximum atomic E-state index is 13.5. The number of carbonyl (C=O) groups excluding carboxylic acids is 1. The van der Waals surface area contributed by atoms with Crippen LogP contribution < -0.4 is 5.32 Å². The normalized spacial score (nSPS) is 12.7. The van der Waals surface area contributed by atoms with E-state index in [1.807, 2.05) is 13.8 Å². The van der Waals surface area contributed by atoms with Gasteiger partial charge in [0.2, 0.25) is 0 Å². The number of aromatic nitrogens is 2. The minimum atomic E-state index is -4.59. The minimum absolute atomic E-state index is 0.0710. The van der Waals surface area contributed by atoms with Crippen LogP contribution in [-0.2, 0) is 12.7 Å². The molecule has 9 heteroatoms. The number of rotatable bonds is 7. The summed E-state index contributed by atoms with van der Waals surface area (Å²) in [6.45, 7) is 4.24. The Morgan fingerprint density at radius 3 is 2.76 bits per heavy atom. The van der Waals surface area contributed by atoms with Crippen LogP contribution in [0, 0.1) is 0 Å².